The quantitative estimate of drug-likeness (QED) is 0.246. The fourth-order valence-electron chi connectivity index (χ4n) is 3.82. The summed E-state index contributed by atoms with van der Waals surface area (Å²) >= 11 is 2.01. The van der Waals surface area contributed by atoms with Crippen molar-refractivity contribution in [2.24, 2.45) is 5.73 Å². The summed E-state index contributed by atoms with van der Waals surface area (Å²) in [5.74, 6) is 0.138. The topological polar surface area (TPSA) is 99.9 Å². The Morgan fingerprint density at radius 2 is 1.65 bits per heavy atom. The summed E-state index contributed by atoms with van der Waals surface area (Å²) in [6.07, 6.45) is -0.477. The average molecular weight is 538 g/mol. The Bertz CT molecular complexity index is 846. The smallest absolute Gasteiger partial charge is 0.404 e. The van der Waals surface area contributed by atoms with E-state index < -0.39 is 6.09 Å². The highest BCUT2D eigenvalue weighted by atomic mass is 127. The Morgan fingerprint density at radius 3 is 2.26 bits per heavy atom. The molecule has 1 aliphatic carbocycles. The van der Waals surface area contributed by atoms with Gasteiger partial charge < -0.3 is 25.3 Å². The van der Waals surface area contributed by atoms with Gasteiger partial charge in [-0.1, -0.05) is 71.1 Å². The van der Waals surface area contributed by atoms with E-state index in [1.807, 2.05) is 46.9 Å². The van der Waals surface area contributed by atoms with Crippen molar-refractivity contribution in [1.82, 2.24) is 5.32 Å². The zero-order valence-corrected chi connectivity index (χ0v) is 19.4. The van der Waals surface area contributed by atoms with Crippen LogP contribution in [0.1, 0.15) is 23.5 Å². The highest BCUT2D eigenvalue weighted by Crippen LogP contribution is 2.46. The molecule has 31 heavy (non-hydrogen) atoms. The number of nitrogens with two attached hydrogens (primary N) is 1. The fraction of sp³-hybridized carbons (Fsp3) is 0.391. The van der Waals surface area contributed by atoms with Crippen LogP contribution >= 0.6 is 22.6 Å². The van der Waals surface area contributed by atoms with Crippen molar-refractivity contribution in [3.8, 4) is 11.1 Å². The Hall–Kier alpha value is -2.17. The Morgan fingerprint density at radius 1 is 1.00 bits per heavy atom. The van der Waals surface area contributed by atoms with E-state index in [-0.39, 0.29) is 24.5 Å². The van der Waals surface area contributed by atoms with Crippen LogP contribution in [0.25, 0.3) is 11.1 Å². The van der Waals surface area contributed by atoms with Crippen LogP contribution in [0.15, 0.2) is 48.5 Å². The van der Waals surface area contributed by atoms with E-state index in [1.54, 1.807) is 0 Å². The lowest BCUT2D eigenvalue weighted by atomic mass is 9.91. The minimum absolute atomic E-state index is 0.0127. The van der Waals surface area contributed by atoms with Crippen molar-refractivity contribution in [3.63, 3.8) is 0 Å². The van der Waals surface area contributed by atoms with Gasteiger partial charge >= 0.3 is 6.09 Å². The normalized spacial score (nSPS) is 13.3. The number of hydrogen-bond acceptors (Lipinski definition) is 5. The number of benzene rings is 2. The molecule has 2 aromatic carbocycles. The molecule has 0 aromatic heterocycles. The number of fused-ring (bicyclic) bond motifs is 3. The molecule has 7 nitrogen and oxygen atoms in total. The second-order valence-corrected chi connectivity index (χ2v) is 7.94. The molecule has 1 unspecified atom stereocenters. The first-order valence-corrected chi connectivity index (χ1v) is 11.7. The molecule has 166 valence electrons. The van der Waals surface area contributed by atoms with Crippen LogP contribution < -0.4 is 11.1 Å². The van der Waals surface area contributed by atoms with Gasteiger partial charge in [0.05, 0.1) is 30.4 Å². The van der Waals surface area contributed by atoms with Gasteiger partial charge in [-0.3, -0.25) is 4.79 Å². The molecule has 1 atom stereocenters. The van der Waals surface area contributed by atoms with Crippen LogP contribution in [0.2, 0.25) is 0 Å². The van der Waals surface area contributed by atoms with E-state index in [0.29, 0.717) is 37.2 Å². The zero-order valence-electron chi connectivity index (χ0n) is 17.2. The number of carbonyl (C=O) groups is 2. The molecule has 3 rings (SSSR count). The SMILES string of the molecule is NC(=O)OCC(CC1c2ccccc2-c2ccccc21)OCCOCCNC(=O)CI. The Kier molecular flexibility index (Phi) is 9.11. The molecular formula is C23H27IN2O5. The van der Waals surface area contributed by atoms with Crippen LogP contribution in [-0.4, -0.2) is 55.5 Å². The lowest BCUT2D eigenvalue weighted by molar-refractivity contribution is -0.118. The highest BCUT2D eigenvalue weighted by Gasteiger charge is 2.30. The van der Waals surface area contributed by atoms with Crippen LogP contribution in [0.3, 0.4) is 0 Å². The number of alkyl halides is 1. The summed E-state index contributed by atoms with van der Waals surface area (Å²) in [6.45, 7) is 1.69. The minimum atomic E-state index is -0.817. The first kappa shape index (κ1) is 23.5. The standard InChI is InChI=1S/C23H27IN2O5/c24-14-22(27)26-9-10-29-11-12-30-16(15-31-23(25)28)13-21-19-7-3-1-5-17(19)18-6-2-4-8-20(18)21/h1-8,16,21H,9-15H2,(H2,25,28)(H,26,27). The third kappa shape index (κ3) is 6.65. The number of ether oxygens (including phenoxy) is 3. The summed E-state index contributed by atoms with van der Waals surface area (Å²) in [6, 6.07) is 16.7. The molecule has 2 amide bonds. The first-order valence-electron chi connectivity index (χ1n) is 10.2. The molecule has 0 saturated heterocycles. The first-order chi connectivity index (χ1) is 15.1. The number of primary amides is 1. The van der Waals surface area contributed by atoms with E-state index in [4.69, 9.17) is 19.9 Å². The van der Waals surface area contributed by atoms with Gasteiger partial charge in [0.25, 0.3) is 0 Å². The summed E-state index contributed by atoms with van der Waals surface area (Å²) in [5, 5.41) is 2.75. The van der Waals surface area contributed by atoms with E-state index >= 15 is 0 Å². The molecule has 8 heteroatoms. The summed E-state index contributed by atoms with van der Waals surface area (Å²) in [5.41, 5.74) is 10.1. The van der Waals surface area contributed by atoms with E-state index in [9.17, 15) is 9.59 Å². The number of halogens is 1. The van der Waals surface area contributed by atoms with Crippen molar-refractivity contribution in [2.75, 3.05) is 37.4 Å². The largest absolute Gasteiger partial charge is 0.447 e. The van der Waals surface area contributed by atoms with Crippen molar-refractivity contribution >= 4 is 34.6 Å². The summed E-state index contributed by atoms with van der Waals surface area (Å²) in [4.78, 5) is 22.4. The second-order valence-electron chi connectivity index (χ2n) is 7.18. The van der Waals surface area contributed by atoms with Crippen molar-refractivity contribution in [1.29, 1.82) is 0 Å². The molecular weight excluding hydrogens is 511 g/mol. The monoisotopic (exact) mass is 538 g/mol. The van der Waals surface area contributed by atoms with E-state index in [2.05, 4.69) is 29.6 Å². The third-order valence-electron chi connectivity index (χ3n) is 5.14. The van der Waals surface area contributed by atoms with E-state index in [0.717, 1.165) is 0 Å². The van der Waals surface area contributed by atoms with Crippen molar-refractivity contribution in [2.45, 2.75) is 18.4 Å². The number of nitrogens with one attached hydrogen (secondary N) is 1. The molecule has 1 aliphatic rings. The maximum absolute atomic E-state index is 11.2. The van der Waals surface area contributed by atoms with Gasteiger partial charge in [-0.05, 0) is 28.7 Å². The zero-order chi connectivity index (χ0) is 22.1. The van der Waals surface area contributed by atoms with Gasteiger partial charge in [0.2, 0.25) is 5.91 Å². The van der Waals surface area contributed by atoms with Gasteiger partial charge in [0, 0.05) is 12.5 Å². The molecule has 0 saturated carbocycles. The maximum Gasteiger partial charge on any atom is 0.404 e. The van der Waals surface area contributed by atoms with Crippen molar-refractivity contribution in [3.05, 3.63) is 59.7 Å². The van der Waals surface area contributed by atoms with Gasteiger partial charge in [0.15, 0.2) is 0 Å². The second kappa shape index (κ2) is 12.0. The van der Waals surface area contributed by atoms with Crippen LogP contribution in [0, 0.1) is 0 Å². The summed E-state index contributed by atoms with van der Waals surface area (Å²) < 4.78 is 17.0. The molecule has 0 aliphatic heterocycles. The minimum Gasteiger partial charge on any atom is -0.447 e. The predicted molar refractivity (Wildman–Crippen MR) is 126 cm³/mol. The van der Waals surface area contributed by atoms with Gasteiger partial charge in [0.1, 0.15) is 6.61 Å². The summed E-state index contributed by atoms with van der Waals surface area (Å²) in [7, 11) is 0. The van der Waals surface area contributed by atoms with Gasteiger partial charge in [-0.2, -0.15) is 0 Å². The molecule has 2 aromatic rings. The molecule has 3 N–H and O–H groups in total. The van der Waals surface area contributed by atoms with Crippen LogP contribution in [0.5, 0.6) is 0 Å². The molecule has 0 heterocycles. The van der Waals surface area contributed by atoms with E-state index in [1.165, 1.54) is 22.3 Å². The van der Waals surface area contributed by atoms with Crippen LogP contribution in [-0.2, 0) is 19.0 Å². The lowest BCUT2D eigenvalue weighted by Gasteiger charge is -2.22. The van der Waals surface area contributed by atoms with Gasteiger partial charge in [-0.15, -0.1) is 0 Å². The highest BCUT2D eigenvalue weighted by molar-refractivity contribution is 14.1. The Labute approximate surface area is 195 Å². The molecule has 0 spiro atoms. The number of rotatable bonds is 12. The average Bonchev–Trinajstić information content (AvgIpc) is 3.10. The number of amides is 2. The predicted octanol–water partition coefficient (Wildman–Crippen LogP) is 3.24. The number of hydrogen-bond donors (Lipinski definition) is 2. The molecule has 0 fully saturated rings. The number of carbonyl (C=O) groups excluding carboxylic acids is 2. The Balaban J connectivity index is 1.57. The third-order valence-corrected chi connectivity index (χ3v) is 5.84. The maximum atomic E-state index is 11.2. The molecule has 0 radical (unpaired) electrons. The van der Waals surface area contributed by atoms with Crippen LogP contribution in [0.4, 0.5) is 4.79 Å². The van der Waals surface area contributed by atoms with Gasteiger partial charge in [-0.25, -0.2) is 4.79 Å². The van der Waals surface area contributed by atoms with Crippen molar-refractivity contribution < 1.29 is 23.8 Å². The molecule has 0 bridgehead atoms. The fourth-order valence-corrected chi connectivity index (χ4v) is 4.09. The lowest BCUT2D eigenvalue weighted by Crippen LogP contribution is -2.29.